The molecule has 0 aliphatic rings. The maximum atomic E-state index is 11.9. The fourth-order valence-electron chi connectivity index (χ4n) is 2.23. The predicted molar refractivity (Wildman–Crippen MR) is 85.5 cm³/mol. The van der Waals surface area contributed by atoms with Crippen molar-refractivity contribution in [3.05, 3.63) is 83.5 Å². The van der Waals surface area contributed by atoms with Crippen LogP contribution in [0.3, 0.4) is 0 Å². The van der Waals surface area contributed by atoms with Crippen LogP contribution in [0, 0.1) is 0 Å². The summed E-state index contributed by atoms with van der Waals surface area (Å²) in [6.07, 6.45) is 0.932. The number of nitrogens with one attached hydrogen (secondary N) is 1. The van der Waals surface area contributed by atoms with Gasteiger partial charge in [0.25, 0.3) is 0 Å². The van der Waals surface area contributed by atoms with Crippen molar-refractivity contribution in [2.24, 2.45) is 0 Å². The number of carbonyl (C=O) groups is 1. The Morgan fingerprint density at radius 2 is 1.61 bits per heavy atom. The first-order chi connectivity index (χ1) is 11.3. The molecule has 23 heavy (non-hydrogen) atoms. The molecule has 3 rings (SSSR count). The van der Waals surface area contributed by atoms with Crippen molar-refractivity contribution in [3.8, 4) is 0 Å². The zero-order chi connectivity index (χ0) is 15.9. The number of aromatic nitrogens is 2. The SMILES string of the molecule is O=C(Cc1ccccc1)NCc1noc(Cc2ccccc2)n1. The minimum Gasteiger partial charge on any atom is -0.348 e. The molecule has 0 atom stereocenters. The van der Waals surface area contributed by atoms with Gasteiger partial charge in [-0.05, 0) is 11.1 Å². The summed E-state index contributed by atoms with van der Waals surface area (Å²) in [6.45, 7) is 0.268. The molecule has 0 saturated carbocycles. The van der Waals surface area contributed by atoms with Gasteiger partial charge in [-0.2, -0.15) is 4.98 Å². The molecule has 1 aromatic heterocycles. The maximum Gasteiger partial charge on any atom is 0.231 e. The highest BCUT2D eigenvalue weighted by molar-refractivity contribution is 5.78. The van der Waals surface area contributed by atoms with Gasteiger partial charge in [0.2, 0.25) is 11.8 Å². The van der Waals surface area contributed by atoms with Crippen LogP contribution in [0.25, 0.3) is 0 Å². The fraction of sp³-hybridized carbons (Fsp3) is 0.167. The molecule has 0 spiro atoms. The monoisotopic (exact) mass is 307 g/mol. The van der Waals surface area contributed by atoms with Crippen LogP contribution < -0.4 is 5.32 Å². The zero-order valence-corrected chi connectivity index (χ0v) is 12.6. The van der Waals surface area contributed by atoms with E-state index in [1.165, 1.54) is 0 Å². The van der Waals surface area contributed by atoms with Gasteiger partial charge in [0.1, 0.15) is 0 Å². The van der Waals surface area contributed by atoms with E-state index in [1.807, 2.05) is 60.7 Å². The zero-order valence-electron chi connectivity index (χ0n) is 12.6. The van der Waals surface area contributed by atoms with E-state index in [-0.39, 0.29) is 12.5 Å². The first-order valence-corrected chi connectivity index (χ1v) is 7.45. The molecule has 3 aromatic rings. The van der Waals surface area contributed by atoms with Crippen molar-refractivity contribution in [1.29, 1.82) is 0 Å². The second-order valence-corrected chi connectivity index (χ2v) is 5.21. The summed E-state index contributed by atoms with van der Waals surface area (Å²) in [5.41, 5.74) is 2.08. The van der Waals surface area contributed by atoms with Gasteiger partial charge in [-0.25, -0.2) is 0 Å². The number of carbonyl (C=O) groups excluding carboxylic acids is 1. The Labute approximate surface area is 134 Å². The molecule has 0 saturated heterocycles. The van der Waals surface area contributed by atoms with Crippen LogP contribution in [0.15, 0.2) is 65.2 Å². The molecule has 1 amide bonds. The Hall–Kier alpha value is -2.95. The second-order valence-electron chi connectivity index (χ2n) is 5.21. The molecule has 1 N–H and O–H groups in total. The van der Waals surface area contributed by atoms with Crippen LogP contribution in [-0.2, 0) is 24.2 Å². The average molecular weight is 307 g/mol. The van der Waals surface area contributed by atoms with E-state index in [9.17, 15) is 4.79 Å². The summed E-state index contributed by atoms with van der Waals surface area (Å²) in [5, 5.41) is 6.69. The van der Waals surface area contributed by atoms with Gasteiger partial charge in [0.05, 0.1) is 19.4 Å². The van der Waals surface area contributed by atoms with E-state index in [0.29, 0.717) is 24.6 Å². The fourth-order valence-corrected chi connectivity index (χ4v) is 2.23. The third-order valence-corrected chi connectivity index (χ3v) is 3.36. The normalized spacial score (nSPS) is 10.4. The van der Waals surface area contributed by atoms with Crippen molar-refractivity contribution in [1.82, 2.24) is 15.5 Å². The van der Waals surface area contributed by atoms with Gasteiger partial charge >= 0.3 is 0 Å². The quantitative estimate of drug-likeness (QED) is 0.760. The van der Waals surface area contributed by atoms with Crippen LogP contribution in [0.5, 0.6) is 0 Å². The number of benzene rings is 2. The summed E-state index contributed by atoms with van der Waals surface area (Å²) < 4.78 is 5.21. The first-order valence-electron chi connectivity index (χ1n) is 7.45. The van der Waals surface area contributed by atoms with E-state index in [0.717, 1.165) is 11.1 Å². The Morgan fingerprint density at radius 3 is 2.30 bits per heavy atom. The van der Waals surface area contributed by atoms with Gasteiger partial charge in [0.15, 0.2) is 5.82 Å². The molecule has 0 unspecified atom stereocenters. The van der Waals surface area contributed by atoms with Crippen molar-refractivity contribution >= 4 is 5.91 Å². The molecule has 2 aromatic carbocycles. The lowest BCUT2D eigenvalue weighted by molar-refractivity contribution is -0.120. The molecule has 116 valence electrons. The van der Waals surface area contributed by atoms with Crippen molar-refractivity contribution in [3.63, 3.8) is 0 Å². The van der Waals surface area contributed by atoms with E-state index in [4.69, 9.17) is 4.52 Å². The molecule has 5 nitrogen and oxygen atoms in total. The summed E-state index contributed by atoms with van der Waals surface area (Å²) in [6, 6.07) is 19.5. The maximum absolute atomic E-state index is 11.9. The molecular weight excluding hydrogens is 290 g/mol. The lowest BCUT2D eigenvalue weighted by atomic mass is 10.1. The molecule has 0 radical (unpaired) electrons. The average Bonchev–Trinajstić information content (AvgIpc) is 3.02. The highest BCUT2D eigenvalue weighted by atomic mass is 16.5. The van der Waals surface area contributed by atoms with Crippen molar-refractivity contribution in [2.75, 3.05) is 0 Å². The third kappa shape index (κ3) is 4.51. The van der Waals surface area contributed by atoms with Crippen LogP contribution in [0.4, 0.5) is 0 Å². The number of amides is 1. The summed E-state index contributed by atoms with van der Waals surface area (Å²) in [5.74, 6) is 0.964. The molecule has 1 heterocycles. The van der Waals surface area contributed by atoms with E-state index >= 15 is 0 Å². The van der Waals surface area contributed by atoms with Gasteiger partial charge in [-0.1, -0.05) is 65.8 Å². The summed E-state index contributed by atoms with van der Waals surface area (Å²) >= 11 is 0. The lowest BCUT2D eigenvalue weighted by Gasteiger charge is -2.02. The van der Waals surface area contributed by atoms with Gasteiger partial charge < -0.3 is 9.84 Å². The predicted octanol–water partition coefficient (Wildman–Crippen LogP) is 2.52. The highest BCUT2D eigenvalue weighted by Gasteiger charge is 2.09. The summed E-state index contributed by atoms with van der Waals surface area (Å²) in [7, 11) is 0. The van der Waals surface area contributed by atoms with Gasteiger partial charge in [-0.15, -0.1) is 0 Å². The number of nitrogens with zero attached hydrogens (tertiary/aromatic N) is 2. The smallest absolute Gasteiger partial charge is 0.231 e. The largest absolute Gasteiger partial charge is 0.348 e. The molecule has 0 aliphatic heterocycles. The van der Waals surface area contributed by atoms with Crippen LogP contribution in [0.2, 0.25) is 0 Å². The highest BCUT2D eigenvalue weighted by Crippen LogP contribution is 2.07. The van der Waals surface area contributed by atoms with E-state index in [2.05, 4.69) is 15.5 Å². The first kappa shape index (κ1) is 15.0. The second kappa shape index (κ2) is 7.35. The molecule has 0 aliphatic carbocycles. The minimum absolute atomic E-state index is 0.0643. The van der Waals surface area contributed by atoms with E-state index < -0.39 is 0 Å². The molecular formula is C18H17N3O2. The Morgan fingerprint density at radius 1 is 0.957 bits per heavy atom. The molecule has 5 heteroatoms. The van der Waals surface area contributed by atoms with Crippen LogP contribution in [0.1, 0.15) is 22.8 Å². The van der Waals surface area contributed by atoms with Crippen LogP contribution in [-0.4, -0.2) is 16.0 Å². The Balaban J connectivity index is 1.50. The molecule has 0 bridgehead atoms. The lowest BCUT2D eigenvalue weighted by Crippen LogP contribution is -2.25. The van der Waals surface area contributed by atoms with E-state index in [1.54, 1.807) is 0 Å². The van der Waals surface area contributed by atoms with Gasteiger partial charge in [0, 0.05) is 0 Å². The number of rotatable bonds is 6. The standard InChI is InChI=1S/C18H17N3O2/c22-17(11-14-7-3-1-4-8-14)19-13-16-20-18(23-21-16)12-15-9-5-2-6-10-15/h1-10H,11-13H2,(H,19,22). The Bertz CT molecular complexity index is 754. The number of hydrogen-bond acceptors (Lipinski definition) is 4. The minimum atomic E-state index is -0.0643. The van der Waals surface area contributed by atoms with Crippen LogP contribution >= 0.6 is 0 Å². The third-order valence-electron chi connectivity index (χ3n) is 3.36. The summed E-state index contributed by atoms with van der Waals surface area (Å²) in [4.78, 5) is 16.2. The Kier molecular flexibility index (Phi) is 4.79. The van der Waals surface area contributed by atoms with Crippen molar-refractivity contribution < 1.29 is 9.32 Å². The molecule has 0 fully saturated rings. The number of hydrogen-bond donors (Lipinski definition) is 1. The topological polar surface area (TPSA) is 68.0 Å². The van der Waals surface area contributed by atoms with Crippen molar-refractivity contribution in [2.45, 2.75) is 19.4 Å². The van der Waals surface area contributed by atoms with Gasteiger partial charge in [-0.3, -0.25) is 4.79 Å².